The lowest BCUT2D eigenvalue weighted by Gasteiger charge is -2.17. The molecule has 3 unspecified atom stereocenters. The van der Waals surface area contributed by atoms with Crippen LogP contribution in [0.25, 0.3) is 0 Å². The highest BCUT2D eigenvalue weighted by Gasteiger charge is 2.33. The fraction of sp³-hybridized carbons (Fsp3) is 0.409. The highest BCUT2D eigenvalue weighted by molar-refractivity contribution is 6.31. The molecule has 0 aliphatic carbocycles. The summed E-state index contributed by atoms with van der Waals surface area (Å²) in [5, 5.41) is 1.34. The van der Waals surface area contributed by atoms with Crippen LogP contribution in [0.3, 0.4) is 0 Å². The molecule has 0 amide bonds. The van der Waals surface area contributed by atoms with E-state index in [1.807, 2.05) is 39.0 Å². The van der Waals surface area contributed by atoms with Gasteiger partial charge in [0.2, 0.25) is 0 Å². The van der Waals surface area contributed by atoms with E-state index in [1.54, 1.807) is 31.4 Å². The van der Waals surface area contributed by atoms with E-state index in [-0.39, 0.29) is 30.9 Å². The smallest absolute Gasteiger partial charge is 0.338 e. The fourth-order valence-electron chi connectivity index (χ4n) is 2.46. The van der Waals surface area contributed by atoms with Gasteiger partial charge in [0.05, 0.1) is 17.8 Å². The van der Waals surface area contributed by atoms with E-state index in [0.29, 0.717) is 10.6 Å². The number of halogens is 2. The van der Waals surface area contributed by atoms with Crippen molar-refractivity contribution < 1.29 is 19.0 Å². The zero-order valence-electron chi connectivity index (χ0n) is 16.8. The molecule has 1 aliphatic heterocycles. The van der Waals surface area contributed by atoms with Crippen LogP contribution < -0.4 is 0 Å². The second kappa shape index (κ2) is 12.8. The molecule has 0 bridgehead atoms. The SMILES string of the molecule is C=C(C)/C=C\C(Cl)=C/C.COC1CC(C)OC1COC(=O)c1ccc(Cl)cc1. The molecule has 154 valence electrons. The van der Waals surface area contributed by atoms with Gasteiger partial charge in [-0.1, -0.05) is 47.5 Å². The van der Waals surface area contributed by atoms with Gasteiger partial charge in [0, 0.05) is 23.6 Å². The van der Waals surface area contributed by atoms with Gasteiger partial charge in [0.15, 0.2) is 0 Å². The van der Waals surface area contributed by atoms with Crippen LogP contribution in [0.2, 0.25) is 5.02 Å². The predicted molar refractivity (Wildman–Crippen MR) is 115 cm³/mol. The third kappa shape index (κ3) is 9.07. The number of esters is 1. The van der Waals surface area contributed by atoms with Crippen molar-refractivity contribution in [3.8, 4) is 0 Å². The van der Waals surface area contributed by atoms with Crippen LogP contribution in [0.4, 0.5) is 0 Å². The number of allylic oxidation sites excluding steroid dienone is 5. The summed E-state index contributed by atoms with van der Waals surface area (Å²) in [5.74, 6) is -0.380. The van der Waals surface area contributed by atoms with Crippen molar-refractivity contribution in [1.29, 1.82) is 0 Å². The summed E-state index contributed by atoms with van der Waals surface area (Å²) in [6.07, 6.45) is 6.26. The molecule has 28 heavy (non-hydrogen) atoms. The number of hydrogen-bond acceptors (Lipinski definition) is 4. The standard InChI is InChI=1S/C14H17ClO4.C8H11Cl/c1-9-7-12(17-2)13(19-9)8-18-14(16)10-3-5-11(15)6-4-10;1-4-8(9)6-5-7(2)3/h3-6,9,12-13H,7-8H2,1-2H3;4-6H,2H2,1,3H3/b;6-5-,8-4+. The number of ether oxygens (including phenoxy) is 3. The lowest BCUT2D eigenvalue weighted by Crippen LogP contribution is -2.29. The highest BCUT2D eigenvalue weighted by Crippen LogP contribution is 2.23. The van der Waals surface area contributed by atoms with Gasteiger partial charge in [-0.25, -0.2) is 4.79 Å². The van der Waals surface area contributed by atoms with Crippen molar-refractivity contribution in [3.05, 3.63) is 70.3 Å². The van der Waals surface area contributed by atoms with Gasteiger partial charge in [-0.2, -0.15) is 0 Å². The maximum Gasteiger partial charge on any atom is 0.338 e. The lowest BCUT2D eigenvalue weighted by molar-refractivity contribution is -0.0400. The van der Waals surface area contributed by atoms with Crippen LogP contribution in [-0.4, -0.2) is 38.0 Å². The first-order chi connectivity index (χ1) is 13.3. The first kappa shape index (κ1) is 24.4. The number of rotatable bonds is 6. The van der Waals surface area contributed by atoms with Gasteiger partial charge in [-0.05, 0) is 51.1 Å². The number of carbonyl (C=O) groups excluding carboxylic acids is 1. The van der Waals surface area contributed by atoms with Gasteiger partial charge in [-0.3, -0.25) is 0 Å². The summed E-state index contributed by atoms with van der Waals surface area (Å²) in [6, 6.07) is 6.59. The lowest BCUT2D eigenvalue weighted by atomic mass is 10.1. The molecule has 3 atom stereocenters. The topological polar surface area (TPSA) is 44.8 Å². The summed E-state index contributed by atoms with van der Waals surface area (Å²) < 4.78 is 16.2. The Bertz CT molecular complexity index is 695. The van der Waals surface area contributed by atoms with E-state index < -0.39 is 0 Å². The van der Waals surface area contributed by atoms with Crippen molar-refractivity contribution in [3.63, 3.8) is 0 Å². The molecule has 4 nitrogen and oxygen atoms in total. The second-order valence-corrected chi connectivity index (χ2v) is 7.33. The first-order valence-electron chi connectivity index (χ1n) is 9.03. The maximum atomic E-state index is 11.8. The largest absolute Gasteiger partial charge is 0.459 e. The Kier molecular flexibility index (Phi) is 11.2. The minimum Gasteiger partial charge on any atom is -0.459 e. The fourth-order valence-corrected chi connectivity index (χ4v) is 2.65. The summed E-state index contributed by atoms with van der Waals surface area (Å²) in [6.45, 7) is 9.69. The van der Waals surface area contributed by atoms with E-state index >= 15 is 0 Å². The minimum atomic E-state index is -0.380. The molecule has 6 heteroatoms. The minimum absolute atomic E-state index is 0.0204. The Morgan fingerprint density at radius 2 is 1.96 bits per heavy atom. The van der Waals surface area contributed by atoms with Gasteiger partial charge in [0.25, 0.3) is 0 Å². The molecule has 0 saturated carbocycles. The molecule has 0 aromatic heterocycles. The van der Waals surface area contributed by atoms with E-state index in [9.17, 15) is 4.79 Å². The zero-order chi connectivity index (χ0) is 21.1. The van der Waals surface area contributed by atoms with Crippen LogP contribution in [0.1, 0.15) is 37.6 Å². The molecular formula is C22H28Cl2O4. The second-order valence-electron chi connectivity index (χ2n) is 6.45. The Hall–Kier alpha value is -1.59. The third-order valence-corrected chi connectivity index (χ3v) is 4.55. The predicted octanol–water partition coefficient (Wildman–Crippen LogP) is 5.95. The molecule has 0 radical (unpaired) electrons. The summed E-state index contributed by atoms with van der Waals surface area (Å²) in [4.78, 5) is 11.8. The molecule has 1 aliphatic rings. The van der Waals surface area contributed by atoms with Crippen LogP contribution in [-0.2, 0) is 14.2 Å². The molecule has 1 aromatic carbocycles. The molecule has 1 saturated heterocycles. The Balaban J connectivity index is 0.000000370. The van der Waals surface area contributed by atoms with Crippen molar-refractivity contribution in [2.24, 2.45) is 0 Å². The van der Waals surface area contributed by atoms with Crippen LogP contribution in [0.15, 0.2) is 59.7 Å². The molecule has 0 N–H and O–H groups in total. The normalized spacial score (nSPS) is 21.9. The summed E-state index contributed by atoms with van der Waals surface area (Å²) in [5.41, 5.74) is 1.49. The Morgan fingerprint density at radius 3 is 2.50 bits per heavy atom. The average molecular weight is 427 g/mol. The average Bonchev–Trinajstić information content (AvgIpc) is 3.04. The maximum absolute atomic E-state index is 11.8. The quantitative estimate of drug-likeness (QED) is 0.416. The number of methoxy groups -OCH3 is 1. The van der Waals surface area contributed by atoms with Gasteiger partial charge >= 0.3 is 5.97 Å². The van der Waals surface area contributed by atoms with Crippen molar-refractivity contribution in [2.75, 3.05) is 13.7 Å². The zero-order valence-corrected chi connectivity index (χ0v) is 18.3. The van der Waals surface area contributed by atoms with Crippen LogP contribution in [0, 0.1) is 0 Å². The van der Waals surface area contributed by atoms with Crippen LogP contribution >= 0.6 is 23.2 Å². The molecule has 1 fully saturated rings. The van der Waals surface area contributed by atoms with Gasteiger partial charge < -0.3 is 14.2 Å². The van der Waals surface area contributed by atoms with Gasteiger partial charge in [0.1, 0.15) is 12.7 Å². The summed E-state index contributed by atoms with van der Waals surface area (Å²) >= 11 is 11.4. The van der Waals surface area contributed by atoms with Crippen LogP contribution in [0.5, 0.6) is 0 Å². The number of benzene rings is 1. The van der Waals surface area contributed by atoms with Gasteiger partial charge in [-0.15, -0.1) is 0 Å². The van der Waals surface area contributed by atoms with E-state index in [0.717, 1.165) is 17.0 Å². The van der Waals surface area contributed by atoms with E-state index in [4.69, 9.17) is 37.4 Å². The molecule has 1 aromatic rings. The van der Waals surface area contributed by atoms with Crippen molar-refractivity contribution in [2.45, 2.75) is 45.5 Å². The Morgan fingerprint density at radius 1 is 1.32 bits per heavy atom. The number of carbonyl (C=O) groups is 1. The van der Waals surface area contributed by atoms with Crippen molar-refractivity contribution in [1.82, 2.24) is 0 Å². The molecular weight excluding hydrogens is 399 g/mol. The van der Waals surface area contributed by atoms with E-state index in [2.05, 4.69) is 6.58 Å². The third-order valence-electron chi connectivity index (χ3n) is 3.95. The monoisotopic (exact) mass is 426 g/mol. The van der Waals surface area contributed by atoms with Crippen molar-refractivity contribution >= 4 is 29.2 Å². The molecule has 2 rings (SSSR count). The first-order valence-corrected chi connectivity index (χ1v) is 9.78. The Labute approximate surface area is 177 Å². The molecule has 0 spiro atoms. The van der Waals surface area contributed by atoms with E-state index in [1.165, 1.54) is 0 Å². The summed E-state index contributed by atoms with van der Waals surface area (Å²) in [7, 11) is 1.64. The highest BCUT2D eigenvalue weighted by atomic mass is 35.5. The number of hydrogen-bond donors (Lipinski definition) is 0. The molecule has 1 heterocycles.